The molecule has 2 fully saturated rings. The number of hydrogen-bond donors (Lipinski definition) is 0. The molecule has 2 aliphatic rings. The van der Waals surface area contributed by atoms with Gasteiger partial charge in [0.1, 0.15) is 0 Å². The van der Waals surface area contributed by atoms with Gasteiger partial charge in [0.25, 0.3) is 0 Å². The summed E-state index contributed by atoms with van der Waals surface area (Å²) < 4.78 is 23.2. The SMILES string of the molecule is CC(C)C1(C(C)C)CC2(CCS2(=O)=O)C1. The van der Waals surface area contributed by atoms with Gasteiger partial charge in [-0.15, -0.1) is 0 Å². The molecule has 0 amide bonds. The molecule has 3 heteroatoms. The summed E-state index contributed by atoms with van der Waals surface area (Å²) in [7, 11) is -2.72. The highest BCUT2D eigenvalue weighted by Crippen LogP contribution is 2.65. The smallest absolute Gasteiger partial charge is 0.156 e. The van der Waals surface area contributed by atoms with Crippen LogP contribution >= 0.6 is 0 Å². The Balaban J connectivity index is 2.20. The standard InChI is InChI=1S/C12H22O2S/c1-9(2)12(10(3)4)7-11(8-12)5-6-15(11,13)14/h9-10H,5-8H2,1-4H3. The quantitative estimate of drug-likeness (QED) is 0.731. The molecule has 0 atom stereocenters. The summed E-state index contributed by atoms with van der Waals surface area (Å²) in [5, 5.41) is 0. The topological polar surface area (TPSA) is 34.1 Å². The second kappa shape index (κ2) is 2.99. The summed E-state index contributed by atoms with van der Waals surface area (Å²) in [5.41, 5.74) is 0.285. The van der Waals surface area contributed by atoms with Crippen molar-refractivity contribution in [2.75, 3.05) is 5.75 Å². The van der Waals surface area contributed by atoms with Crippen molar-refractivity contribution in [2.45, 2.75) is 51.7 Å². The fourth-order valence-electron chi connectivity index (χ4n) is 3.59. The second-order valence-electron chi connectivity index (χ2n) is 6.15. The Morgan fingerprint density at radius 3 is 1.67 bits per heavy atom. The Labute approximate surface area is 93.4 Å². The zero-order valence-electron chi connectivity index (χ0n) is 10.2. The molecule has 0 unspecified atom stereocenters. The molecule has 0 aromatic rings. The van der Waals surface area contributed by atoms with Gasteiger partial charge in [-0.2, -0.15) is 0 Å². The fraction of sp³-hybridized carbons (Fsp3) is 1.00. The van der Waals surface area contributed by atoms with Crippen molar-refractivity contribution in [1.29, 1.82) is 0 Å². The van der Waals surface area contributed by atoms with Crippen LogP contribution in [0.1, 0.15) is 47.0 Å². The minimum atomic E-state index is -2.72. The maximum Gasteiger partial charge on any atom is 0.156 e. The van der Waals surface area contributed by atoms with Crippen LogP contribution in [0.4, 0.5) is 0 Å². The molecule has 88 valence electrons. The van der Waals surface area contributed by atoms with Crippen LogP contribution in [-0.2, 0) is 9.84 Å². The average Bonchev–Trinajstić information content (AvgIpc) is 1.99. The molecule has 15 heavy (non-hydrogen) atoms. The van der Waals surface area contributed by atoms with Crippen LogP contribution < -0.4 is 0 Å². The molecule has 0 radical (unpaired) electrons. The van der Waals surface area contributed by atoms with Crippen molar-refractivity contribution in [3.8, 4) is 0 Å². The van der Waals surface area contributed by atoms with E-state index in [1.54, 1.807) is 0 Å². The summed E-state index contributed by atoms with van der Waals surface area (Å²) in [6, 6.07) is 0. The summed E-state index contributed by atoms with van der Waals surface area (Å²) in [5.74, 6) is 1.62. The molecule has 2 nitrogen and oxygen atoms in total. The first-order valence-electron chi connectivity index (χ1n) is 5.98. The number of hydrogen-bond acceptors (Lipinski definition) is 2. The van der Waals surface area contributed by atoms with E-state index in [0.29, 0.717) is 17.6 Å². The molecule has 1 aliphatic heterocycles. The Hall–Kier alpha value is -0.0500. The molecule has 1 saturated carbocycles. The molecule has 1 heterocycles. The van der Waals surface area contributed by atoms with Gasteiger partial charge in [-0.05, 0) is 36.5 Å². The van der Waals surface area contributed by atoms with Gasteiger partial charge in [0.2, 0.25) is 0 Å². The maximum absolute atomic E-state index is 11.8. The highest BCUT2D eigenvalue weighted by Gasteiger charge is 2.67. The minimum Gasteiger partial charge on any atom is -0.228 e. The molecule has 1 saturated heterocycles. The lowest BCUT2D eigenvalue weighted by Crippen LogP contribution is -2.66. The van der Waals surface area contributed by atoms with E-state index >= 15 is 0 Å². The first kappa shape index (κ1) is 11.4. The van der Waals surface area contributed by atoms with Crippen LogP contribution in [-0.4, -0.2) is 18.9 Å². The molecular formula is C12H22O2S. The van der Waals surface area contributed by atoms with Gasteiger partial charge < -0.3 is 0 Å². The molecule has 0 bridgehead atoms. The zero-order valence-corrected chi connectivity index (χ0v) is 11.0. The van der Waals surface area contributed by atoms with Crippen LogP contribution in [0.5, 0.6) is 0 Å². The van der Waals surface area contributed by atoms with E-state index in [-0.39, 0.29) is 10.2 Å². The van der Waals surface area contributed by atoms with E-state index < -0.39 is 9.84 Å². The maximum atomic E-state index is 11.8. The number of rotatable bonds is 2. The van der Waals surface area contributed by atoms with Crippen LogP contribution in [0.3, 0.4) is 0 Å². The van der Waals surface area contributed by atoms with Gasteiger partial charge in [0.05, 0.1) is 10.5 Å². The van der Waals surface area contributed by atoms with Crippen molar-refractivity contribution in [3.63, 3.8) is 0 Å². The van der Waals surface area contributed by atoms with E-state index in [1.165, 1.54) is 0 Å². The van der Waals surface area contributed by atoms with Crippen LogP contribution in [0.15, 0.2) is 0 Å². The monoisotopic (exact) mass is 230 g/mol. The van der Waals surface area contributed by atoms with E-state index in [1.807, 2.05) is 0 Å². The van der Waals surface area contributed by atoms with Crippen molar-refractivity contribution in [1.82, 2.24) is 0 Å². The van der Waals surface area contributed by atoms with Gasteiger partial charge in [-0.3, -0.25) is 0 Å². The second-order valence-corrected chi connectivity index (χ2v) is 8.65. The molecule has 1 spiro atoms. The summed E-state index contributed by atoms with van der Waals surface area (Å²) in [6.45, 7) is 8.94. The summed E-state index contributed by atoms with van der Waals surface area (Å²) in [4.78, 5) is 0. The number of sulfone groups is 1. The average molecular weight is 230 g/mol. The van der Waals surface area contributed by atoms with Crippen molar-refractivity contribution in [3.05, 3.63) is 0 Å². The fourth-order valence-corrected chi connectivity index (χ4v) is 5.68. The lowest BCUT2D eigenvalue weighted by molar-refractivity contribution is -0.0317. The summed E-state index contributed by atoms with van der Waals surface area (Å²) >= 11 is 0. The highest BCUT2D eigenvalue weighted by molar-refractivity contribution is 7.94. The van der Waals surface area contributed by atoms with Crippen LogP contribution in [0.25, 0.3) is 0 Å². The molecular weight excluding hydrogens is 208 g/mol. The predicted octanol–water partition coefficient (Wildman–Crippen LogP) is 2.64. The van der Waals surface area contributed by atoms with E-state index in [4.69, 9.17) is 0 Å². The van der Waals surface area contributed by atoms with Gasteiger partial charge in [0.15, 0.2) is 9.84 Å². The molecule has 0 N–H and O–H groups in total. The van der Waals surface area contributed by atoms with E-state index in [0.717, 1.165) is 19.3 Å². The van der Waals surface area contributed by atoms with Crippen LogP contribution in [0, 0.1) is 17.3 Å². The lowest BCUT2D eigenvalue weighted by Gasteiger charge is -2.63. The highest BCUT2D eigenvalue weighted by atomic mass is 32.2. The molecule has 1 aliphatic carbocycles. The van der Waals surface area contributed by atoms with E-state index in [2.05, 4.69) is 27.7 Å². The molecule has 2 rings (SSSR count). The van der Waals surface area contributed by atoms with Gasteiger partial charge in [-0.1, -0.05) is 27.7 Å². The van der Waals surface area contributed by atoms with Gasteiger partial charge >= 0.3 is 0 Å². The molecule has 0 aromatic carbocycles. The largest absolute Gasteiger partial charge is 0.228 e. The zero-order chi connectivity index (χ0) is 11.5. The Morgan fingerprint density at radius 1 is 1.00 bits per heavy atom. The van der Waals surface area contributed by atoms with Crippen molar-refractivity contribution >= 4 is 9.84 Å². The Kier molecular flexibility index (Phi) is 2.28. The first-order valence-corrected chi connectivity index (χ1v) is 7.63. The van der Waals surface area contributed by atoms with Crippen molar-refractivity contribution < 1.29 is 8.42 Å². The normalized spacial score (nSPS) is 30.3. The lowest BCUT2D eigenvalue weighted by atomic mass is 9.50. The van der Waals surface area contributed by atoms with Crippen LogP contribution in [0.2, 0.25) is 0 Å². The first-order chi connectivity index (χ1) is 6.76. The molecule has 0 aromatic heterocycles. The third-order valence-corrected chi connectivity index (χ3v) is 7.64. The minimum absolute atomic E-state index is 0.285. The third kappa shape index (κ3) is 1.25. The van der Waals surface area contributed by atoms with Crippen molar-refractivity contribution in [2.24, 2.45) is 17.3 Å². The van der Waals surface area contributed by atoms with Gasteiger partial charge in [-0.25, -0.2) is 8.42 Å². The summed E-state index contributed by atoms with van der Waals surface area (Å²) in [6.07, 6.45) is 2.74. The van der Waals surface area contributed by atoms with Gasteiger partial charge in [0, 0.05) is 0 Å². The van der Waals surface area contributed by atoms with E-state index in [9.17, 15) is 8.42 Å². The Morgan fingerprint density at radius 2 is 1.47 bits per heavy atom. The Bertz CT molecular complexity index is 349. The predicted molar refractivity (Wildman–Crippen MR) is 62.5 cm³/mol. The third-order valence-electron chi connectivity index (χ3n) is 5.09.